The zero-order valence-corrected chi connectivity index (χ0v) is 9.17. The number of halogens is 1. The van der Waals surface area contributed by atoms with Gasteiger partial charge in [0.15, 0.2) is 0 Å². The number of hydrogen-bond donors (Lipinski definition) is 1. The number of benzene rings is 2. The fourth-order valence-corrected chi connectivity index (χ4v) is 2.55. The van der Waals surface area contributed by atoms with Crippen LogP contribution in [0.4, 0.5) is 21.5 Å². The van der Waals surface area contributed by atoms with E-state index in [1.165, 1.54) is 18.2 Å². The summed E-state index contributed by atoms with van der Waals surface area (Å²) < 4.78 is 18.7. The van der Waals surface area contributed by atoms with Crippen molar-refractivity contribution in [3.63, 3.8) is 0 Å². The molecule has 0 unspecified atom stereocenters. The van der Waals surface area contributed by atoms with Gasteiger partial charge in [0, 0.05) is 0 Å². The standard InChI is InChI=1S/C12H9FN2S/c13-10-7-4-8-11-12(10)15(16-14-11)9-5-2-1-3-6-9/h1-8,14H. The third kappa shape index (κ3) is 1.42. The zero-order chi connectivity index (χ0) is 11.0. The molecule has 0 atom stereocenters. The fraction of sp³-hybridized carbons (Fsp3) is 0. The van der Waals surface area contributed by atoms with Crippen molar-refractivity contribution < 1.29 is 4.39 Å². The van der Waals surface area contributed by atoms with E-state index in [4.69, 9.17) is 0 Å². The molecule has 0 saturated carbocycles. The SMILES string of the molecule is Fc1cccc2c1N(c1ccccc1)SN2. The van der Waals surface area contributed by atoms with Crippen LogP contribution in [0.3, 0.4) is 0 Å². The fourth-order valence-electron chi connectivity index (χ4n) is 1.69. The van der Waals surface area contributed by atoms with Crippen LogP contribution in [-0.2, 0) is 0 Å². The number of nitrogens with zero attached hydrogens (tertiary/aromatic N) is 1. The second kappa shape index (κ2) is 3.72. The Labute approximate surface area is 97.4 Å². The summed E-state index contributed by atoms with van der Waals surface area (Å²) in [6.45, 7) is 0. The molecule has 2 aromatic rings. The Morgan fingerprint density at radius 3 is 2.62 bits per heavy atom. The highest BCUT2D eigenvalue weighted by Crippen LogP contribution is 2.45. The molecule has 0 fully saturated rings. The number of anilines is 3. The van der Waals surface area contributed by atoms with Gasteiger partial charge in [0.2, 0.25) is 0 Å². The molecule has 0 spiro atoms. The Balaban J connectivity index is 2.10. The Morgan fingerprint density at radius 1 is 1.00 bits per heavy atom. The van der Waals surface area contributed by atoms with Gasteiger partial charge < -0.3 is 4.72 Å². The number of rotatable bonds is 1. The van der Waals surface area contributed by atoms with Crippen molar-refractivity contribution in [1.29, 1.82) is 0 Å². The van der Waals surface area contributed by atoms with Crippen LogP contribution in [0.15, 0.2) is 48.5 Å². The minimum absolute atomic E-state index is 0.209. The van der Waals surface area contributed by atoms with E-state index in [1.807, 2.05) is 40.7 Å². The molecule has 0 radical (unpaired) electrons. The first-order chi connectivity index (χ1) is 7.86. The molecule has 2 nitrogen and oxygen atoms in total. The summed E-state index contributed by atoms with van der Waals surface area (Å²) in [5, 5.41) is 0. The lowest BCUT2D eigenvalue weighted by Crippen LogP contribution is -2.03. The molecule has 0 aliphatic carbocycles. The molecule has 1 N–H and O–H groups in total. The van der Waals surface area contributed by atoms with Gasteiger partial charge in [-0.05, 0) is 24.3 Å². The largest absolute Gasteiger partial charge is 0.310 e. The van der Waals surface area contributed by atoms with Crippen LogP contribution >= 0.6 is 12.1 Å². The van der Waals surface area contributed by atoms with Crippen molar-refractivity contribution in [3.05, 3.63) is 54.3 Å². The predicted molar refractivity (Wildman–Crippen MR) is 66.2 cm³/mol. The molecule has 1 aliphatic rings. The Morgan fingerprint density at radius 2 is 1.81 bits per heavy atom. The van der Waals surface area contributed by atoms with Gasteiger partial charge in [0.1, 0.15) is 11.5 Å². The number of nitrogens with one attached hydrogen (secondary N) is 1. The molecule has 0 bridgehead atoms. The molecule has 1 aliphatic heterocycles. The van der Waals surface area contributed by atoms with E-state index >= 15 is 0 Å². The average Bonchev–Trinajstić information content (AvgIpc) is 2.75. The first kappa shape index (κ1) is 9.54. The zero-order valence-electron chi connectivity index (χ0n) is 8.35. The lowest BCUT2D eigenvalue weighted by atomic mass is 10.2. The average molecular weight is 232 g/mol. The highest BCUT2D eigenvalue weighted by Gasteiger charge is 2.24. The highest BCUT2D eigenvalue weighted by atomic mass is 32.2. The van der Waals surface area contributed by atoms with Gasteiger partial charge in [0.25, 0.3) is 0 Å². The molecule has 0 amide bonds. The van der Waals surface area contributed by atoms with Crippen LogP contribution in [0.2, 0.25) is 0 Å². The van der Waals surface area contributed by atoms with E-state index in [1.54, 1.807) is 6.07 Å². The Hall–Kier alpha value is -1.68. The predicted octanol–water partition coefficient (Wildman–Crippen LogP) is 3.95. The van der Waals surface area contributed by atoms with Gasteiger partial charge >= 0.3 is 0 Å². The monoisotopic (exact) mass is 232 g/mol. The first-order valence-electron chi connectivity index (χ1n) is 4.93. The lowest BCUT2D eigenvalue weighted by Gasteiger charge is -2.15. The highest BCUT2D eigenvalue weighted by molar-refractivity contribution is 8.02. The molecule has 2 aromatic carbocycles. The summed E-state index contributed by atoms with van der Waals surface area (Å²) in [5.74, 6) is -0.209. The molecule has 16 heavy (non-hydrogen) atoms. The topological polar surface area (TPSA) is 15.3 Å². The first-order valence-corrected chi connectivity index (χ1v) is 5.70. The number of para-hydroxylation sites is 2. The molecular formula is C12H9FN2S. The van der Waals surface area contributed by atoms with Crippen molar-refractivity contribution >= 4 is 29.2 Å². The molecule has 0 saturated heterocycles. The summed E-state index contributed by atoms with van der Waals surface area (Å²) in [6.07, 6.45) is 0. The maximum atomic E-state index is 13.7. The van der Waals surface area contributed by atoms with Crippen LogP contribution in [0.1, 0.15) is 0 Å². The van der Waals surface area contributed by atoms with Gasteiger partial charge in [-0.3, -0.25) is 4.31 Å². The van der Waals surface area contributed by atoms with Gasteiger partial charge in [0.05, 0.1) is 23.5 Å². The van der Waals surface area contributed by atoms with E-state index < -0.39 is 0 Å². The van der Waals surface area contributed by atoms with E-state index in [0.29, 0.717) is 5.69 Å². The Kier molecular flexibility index (Phi) is 2.22. The van der Waals surface area contributed by atoms with Crippen molar-refractivity contribution in [1.82, 2.24) is 0 Å². The van der Waals surface area contributed by atoms with Crippen molar-refractivity contribution in [2.75, 3.05) is 9.03 Å². The Bertz CT molecular complexity index is 516. The van der Waals surface area contributed by atoms with Gasteiger partial charge in [-0.1, -0.05) is 24.3 Å². The van der Waals surface area contributed by atoms with Crippen molar-refractivity contribution in [3.8, 4) is 0 Å². The van der Waals surface area contributed by atoms with Crippen LogP contribution in [0, 0.1) is 5.82 Å². The molecule has 80 valence electrons. The lowest BCUT2D eigenvalue weighted by molar-refractivity contribution is 0.631. The molecule has 1 heterocycles. The van der Waals surface area contributed by atoms with E-state index in [2.05, 4.69) is 4.72 Å². The van der Waals surface area contributed by atoms with Crippen LogP contribution in [0.5, 0.6) is 0 Å². The van der Waals surface area contributed by atoms with Crippen LogP contribution in [-0.4, -0.2) is 0 Å². The maximum absolute atomic E-state index is 13.7. The third-order valence-corrected chi connectivity index (χ3v) is 3.31. The second-order valence-corrected chi connectivity index (χ2v) is 4.21. The van der Waals surface area contributed by atoms with Crippen LogP contribution in [0.25, 0.3) is 0 Å². The molecule has 3 rings (SSSR count). The number of hydrogen-bond acceptors (Lipinski definition) is 3. The van der Waals surface area contributed by atoms with Gasteiger partial charge in [-0.15, -0.1) is 0 Å². The summed E-state index contributed by atoms with van der Waals surface area (Å²) in [5.41, 5.74) is 2.37. The van der Waals surface area contributed by atoms with Crippen molar-refractivity contribution in [2.45, 2.75) is 0 Å². The maximum Gasteiger partial charge on any atom is 0.149 e. The van der Waals surface area contributed by atoms with E-state index in [0.717, 1.165) is 11.4 Å². The molecule has 4 heteroatoms. The van der Waals surface area contributed by atoms with Crippen LogP contribution < -0.4 is 9.03 Å². The van der Waals surface area contributed by atoms with E-state index in [-0.39, 0.29) is 5.82 Å². The van der Waals surface area contributed by atoms with Gasteiger partial charge in [-0.25, -0.2) is 4.39 Å². The molecule has 0 aromatic heterocycles. The minimum atomic E-state index is -0.209. The summed E-state index contributed by atoms with van der Waals surface area (Å²) in [7, 11) is 0. The summed E-state index contributed by atoms with van der Waals surface area (Å²) in [4.78, 5) is 0. The smallest absolute Gasteiger partial charge is 0.149 e. The quantitative estimate of drug-likeness (QED) is 0.749. The van der Waals surface area contributed by atoms with E-state index in [9.17, 15) is 4.39 Å². The summed E-state index contributed by atoms with van der Waals surface area (Å²) >= 11 is 1.38. The van der Waals surface area contributed by atoms with Gasteiger partial charge in [-0.2, -0.15) is 0 Å². The molecular weight excluding hydrogens is 223 g/mol. The minimum Gasteiger partial charge on any atom is -0.310 e. The third-order valence-electron chi connectivity index (χ3n) is 2.43. The normalized spacial score (nSPS) is 13.4. The van der Waals surface area contributed by atoms with Crippen molar-refractivity contribution in [2.24, 2.45) is 0 Å². The second-order valence-electron chi connectivity index (χ2n) is 3.46. The number of fused-ring (bicyclic) bond motifs is 1. The summed E-state index contributed by atoms with van der Waals surface area (Å²) in [6, 6.07) is 14.8.